The van der Waals surface area contributed by atoms with E-state index in [-0.39, 0.29) is 5.70 Å². The fraction of sp³-hybridized carbons (Fsp3) is 0.0435. The van der Waals surface area contributed by atoms with E-state index in [4.69, 9.17) is 16.6 Å². The summed E-state index contributed by atoms with van der Waals surface area (Å²) in [4.78, 5) is 28.2. The second kappa shape index (κ2) is 8.49. The van der Waals surface area contributed by atoms with Crippen LogP contribution in [0.3, 0.4) is 0 Å². The number of halogens is 1. The molecule has 32 heavy (non-hydrogen) atoms. The van der Waals surface area contributed by atoms with Crippen LogP contribution < -0.4 is 10.6 Å². The maximum atomic E-state index is 12.0. The van der Waals surface area contributed by atoms with Crippen LogP contribution in [0.4, 0.5) is 4.79 Å². The normalized spacial score (nSPS) is 14.7. The summed E-state index contributed by atoms with van der Waals surface area (Å²) in [6, 6.07) is 19.0. The third kappa shape index (κ3) is 4.10. The number of urea groups is 1. The van der Waals surface area contributed by atoms with Gasteiger partial charge in [-0.3, -0.25) is 10.1 Å². The van der Waals surface area contributed by atoms with E-state index < -0.39 is 11.9 Å². The summed E-state index contributed by atoms with van der Waals surface area (Å²) in [5, 5.41) is 10.7. The van der Waals surface area contributed by atoms with Crippen molar-refractivity contribution in [3.8, 4) is 11.3 Å². The van der Waals surface area contributed by atoms with Crippen LogP contribution in [0.15, 0.2) is 77.6 Å². The van der Waals surface area contributed by atoms with Gasteiger partial charge in [0.15, 0.2) is 5.65 Å². The monoisotopic (exact) mass is 461 g/mol. The van der Waals surface area contributed by atoms with Crippen LogP contribution in [-0.2, 0) is 10.5 Å². The Kier molecular flexibility index (Phi) is 5.38. The molecule has 3 heterocycles. The maximum Gasteiger partial charge on any atom is 0.326 e. The molecule has 3 amide bonds. The van der Waals surface area contributed by atoms with Crippen molar-refractivity contribution in [2.24, 2.45) is 0 Å². The van der Waals surface area contributed by atoms with E-state index in [2.05, 4.69) is 27.9 Å². The minimum atomic E-state index is -0.551. The molecule has 2 N–H and O–H groups in total. The number of amides is 3. The highest BCUT2D eigenvalue weighted by molar-refractivity contribution is 7.98. The molecule has 1 aliphatic heterocycles. The van der Waals surface area contributed by atoms with Crippen molar-refractivity contribution in [2.75, 3.05) is 0 Å². The van der Waals surface area contributed by atoms with Gasteiger partial charge in [0, 0.05) is 21.9 Å². The Morgan fingerprint density at radius 2 is 1.88 bits per heavy atom. The lowest BCUT2D eigenvalue weighted by atomic mass is 10.1. The molecular formula is C23H16ClN5O2S. The van der Waals surface area contributed by atoms with E-state index in [0.29, 0.717) is 16.2 Å². The van der Waals surface area contributed by atoms with Gasteiger partial charge in [0.25, 0.3) is 5.91 Å². The molecule has 158 valence electrons. The Bertz CT molecular complexity index is 1380. The number of hydrogen-bond donors (Lipinski definition) is 2. The van der Waals surface area contributed by atoms with Gasteiger partial charge in [0.2, 0.25) is 0 Å². The fourth-order valence-electron chi connectivity index (χ4n) is 3.32. The average molecular weight is 462 g/mol. The van der Waals surface area contributed by atoms with Crippen LogP contribution in [-0.4, -0.2) is 26.5 Å². The first kappa shape index (κ1) is 20.3. The number of thioether (sulfide) groups is 1. The number of hydrogen-bond acceptors (Lipinski definition) is 5. The number of rotatable bonds is 5. The topological polar surface area (TPSA) is 88.4 Å². The van der Waals surface area contributed by atoms with Gasteiger partial charge in [-0.15, -0.1) is 11.8 Å². The summed E-state index contributed by atoms with van der Waals surface area (Å²) in [5.41, 5.74) is 4.12. The van der Waals surface area contributed by atoms with Crippen molar-refractivity contribution in [3.05, 3.63) is 88.7 Å². The average Bonchev–Trinajstić information content (AvgIpc) is 3.35. The predicted molar refractivity (Wildman–Crippen MR) is 124 cm³/mol. The van der Waals surface area contributed by atoms with Crippen molar-refractivity contribution >= 4 is 47.0 Å². The van der Waals surface area contributed by atoms with Crippen molar-refractivity contribution in [3.63, 3.8) is 0 Å². The molecule has 1 saturated heterocycles. The quantitative estimate of drug-likeness (QED) is 0.197. The zero-order valence-corrected chi connectivity index (χ0v) is 18.2. The van der Waals surface area contributed by atoms with Gasteiger partial charge in [-0.25, -0.2) is 14.3 Å². The number of nitrogens with zero attached hydrogens (tertiary/aromatic N) is 3. The minimum absolute atomic E-state index is 0.151. The molecule has 2 aromatic heterocycles. The van der Waals surface area contributed by atoms with Gasteiger partial charge in [0.05, 0.1) is 11.9 Å². The van der Waals surface area contributed by atoms with E-state index in [9.17, 15) is 9.59 Å². The number of carbonyl (C=O) groups excluding carboxylic acids is 2. The van der Waals surface area contributed by atoms with Gasteiger partial charge >= 0.3 is 6.03 Å². The van der Waals surface area contributed by atoms with Crippen LogP contribution in [0.25, 0.3) is 23.0 Å². The van der Waals surface area contributed by atoms with Gasteiger partial charge in [-0.2, -0.15) is 5.10 Å². The molecule has 9 heteroatoms. The van der Waals surface area contributed by atoms with Crippen molar-refractivity contribution in [1.82, 2.24) is 25.2 Å². The molecule has 1 fully saturated rings. The summed E-state index contributed by atoms with van der Waals surface area (Å²) < 4.78 is 1.74. The van der Waals surface area contributed by atoms with Gasteiger partial charge in [-0.1, -0.05) is 54.1 Å². The van der Waals surface area contributed by atoms with E-state index >= 15 is 0 Å². The zero-order valence-electron chi connectivity index (χ0n) is 16.6. The second-order valence-corrected chi connectivity index (χ2v) is 8.50. The van der Waals surface area contributed by atoms with E-state index in [0.717, 1.165) is 22.0 Å². The van der Waals surface area contributed by atoms with Gasteiger partial charge < -0.3 is 5.32 Å². The van der Waals surface area contributed by atoms with Crippen LogP contribution >= 0.6 is 23.4 Å². The standard InChI is InChI=1S/C23H16ClN5O2S/c24-17-8-4-7-15(9-17)18-11-20(32-13-14-5-2-1-3-6-14)29-21(26-18)16(12-25-29)10-19-22(30)28-23(31)27-19/h1-12H,13H2,(H2,27,28,30,31). The molecule has 4 aromatic rings. The highest BCUT2D eigenvalue weighted by atomic mass is 35.5. The lowest BCUT2D eigenvalue weighted by Crippen LogP contribution is -2.22. The molecule has 2 aromatic carbocycles. The number of fused-ring (bicyclic) bond motifs is 1. The third-order valence-electron chi connectivity index (χ3n) is 4.84. The number of benzene rings is 2. The van der Waals surface area contributed by atoms with Crippen LogP contribution in [0.5, 0.6) is 0 Å². The van der Waals surface area contributed by atoms with Gasteiger partial charge in [0.1, 0.15) is 10.7 Å². The molecule has 0 aliphatic carbocycles. The third-order valence-corrected chi connectivity index (χ3v) is 6.14. The molecule has 0 radical (unpaired) electrons. The van der Waals surface area contributed by atoms with E-state index in [1.165, 1.54) is 5.56 Å². The van der Waals surface area contributed by atoms with Gasteiger partial charge in [-0.05, 0) is 29.8 Å². The largest absolute Gasteiger partial charge is 0.326 e. The molecule has 0 bridgehead atoms. The Balaban J connectivity index is 1.61. The van der Waals surface area contributed by atoms with Crippen molar-refractivity contribution < 1.29 is 9.59 Å². The summed E-state index contributed by atoms with van der Waals surface area (Å²) >= 11 is 7.83. The highest BCUT2D eigenvalue weighted by Crippen LogP contribution is 2.30. The minimum Gasteiger partial charge on any atom is -0.303 e. The predicted octanol–water partition coefficient (Wildman–Crippen LogP) is 4.52. The van der Waals surface area contributed by atoms with Crippen molar-refractivity contribution in [2.45, 2.75) is 10.8 Å². The van der Waals surface area contributed by atoms with E-state index in [1.807, 2.05) is 48.5 Å². The molecule has 0 saturated carbocycles. The number of imide groups is 1. The Labute approximate surface area is 192 Å². The summed E-state index contributed by atoms with van der Waals surface area (Å²) in [6.45, 7) is 0. The van der Waals surface area contributed by atoms with Crippen LogP contribution in [0.1, 0.15) is 11.1 Å². The number of carbonyl (C=O) groups is 2. The SMILES string of the molecule is O=C1NC(=O)C(=Cc2cnn3c(SCc4ccccc4)cc(-c4cccc(Cl)c4)nc23)N1. The zero-order chi connectivity index (χ0) is 22.1. The van der Waals surface area contributed by atoms with E-state index in [1.54, 1.807) is 28.6 Å². The first-order valence-corrected chi connectivity index (χ1v) is 11.1. The lowest BCUT2D eigenvalue weighted by Gasteiger charge is -2.09. The maximum absolute atomic E-state index is 12.0. The Morgan fingerprint density at radius 1 is 1.03 bits per heavy atom. The first-order valence-electron chi connectivity index (χ1n) is 9.72. The Morgan fingerprint density at radius 3 is 2.62 bits per heavy atom. The van der Waals surface area contributed by atoms with Crippen LogP contribution in [0.2, 0.25) is 5.02 Å². The summed E-state index contributed by atoms with van der Waals surface area (Å²) in [6.07, 6.45) is 3.20. The second-order valence-electron chi connectivity index (χ2n) is 7.07. The highest BCUT2D eigenvalue weighted by Gasteiger charge is 2.24. The molecule has 0 atom stereocenters. The Hall–Kier alpha value is -3.62. The molecule has 0 unspecified atom stereocenters. The van der Waals surface area contributed by atoms with Crippen molar-refractivity contribution in [1.29, 1.82) is 0 Å². The number of nitrogens with one attached hydrogen (secondary N) is 2. The summed E-state index contributed by atoms with van der Waals surface area (Å²) in [5.74, 6) is 0.267. The molecule has 7 nitrogen and oxygen atoms in total. The lowest BCUT2D eigenvalue weighted by molar-refractivity contribution is -0.115. The smallest absolute Gasteiger partial charge is 0.303 e. The first-order chi connectivity index (χ1) is 15.6. The number of aromatic nitrogens is 3. The fourth-order valence-corrected chi connectivity index (χ4v) is 4.47. The molecule has 1 aliphatic rings. The molecular weight excluding hydrogens is 446 g/mol. The molecule has 0 spiro atoms. The molecule has 5 rings (SSSR count). The summed E-state index contributed by atoms with van der Waals surface area (Å²) in [7, 11) is 0. The van der Waals surface area contributed by atoms with Crippen LogP contribution in [0, 0.1) is 0 Å².